The fourth-order valence-corrected chi connectivity index (χ4v) is 4.90. The highest BCUT2D eigenvalue weighted by molar-refractivity contribution is 7.17. The number of anilines is 1. The number of nitrogens with zero attached hydrogens (tertiary/aromatic N) is 3. The molecule has 0 bridgehead atoms. The van der Waals surface area contributed by atoms with E-state index in [0.29, 0.717) is 46.4 Å². The molecule has 0 aliphatic rings. The number of hydrogen-bond acceptors (Lipinski definition) is 5. The normalized spacial score (nSPS) is 11.2. The number of thiophene rings is 1. The molecular formula is C22H20ClFN4O2S. The summed E-state index contributed by atoms with van der Waals surface area (Å²) in [6.07, 6.45) is 2.09. The van der Waals surface area contributed by atoms with Crippen molar-refractivity contribution < 1.29 is 14.3 Å². The van der Waals surface area contributed by atoms with E-state index < -0.39 is 5.97 Å². The molecule has 2 N–H and O–H groups in total. The topological polar surface area (TPSA) is 80.0 Å². The van der Waals surface area contributed by atoms with Gasteiger partial charge in [-0.3, -0.25) is 0 Å². The van der Waals surface area contributed by atoms with E-state index in [4.69, 9.17) is 11.6 Å². The Labute approximate surface area is 187 Å². The molecule has 0 aliphatic heterocycles. The molecule has 0 atom stereocenters. The molecule has 0 saturated heterocycles. The van der Waals surface area contributed by atoms with Gasteiger partial charge in [-0.05, 0) is 43.2 Å². The first kappa shape index (κ1) is 21.3. The number of rotatable bonds is 7. The number of carboxylic acids is 1. The Bertz CT molecular complexity index is 1280. The molecule has 9 heteroatoms. The lowest BCUT2D eigenvalue weighted by Gasteiger charge is -2.11. The molecule has 0 unspecified atom stereocenters. The van der Waals surface area contributed by atoms with Crippen LogP contribution in [0.5, 0.6) is 0 Å². The molecule has 0 radical (unpaired) electrons. The lowest BCUT2D eigenvalue weighted by atomic mass is 10.2. The van der Waals surface area contributed by atoms with Gasteiger partial charge in [0.1, 0.15) is 22.8 Å². The highest BCUT2D eigenvalue weighted by Crippen LogP contribution is 2.31. The Morgan fingerprint density at radius 1 is 1.26 bits per heavy atom. The van der Waals surface area contributed by atoms with E-state index in [1.54, 1.807) is 12.1 Å². The molecule has 3 heterocycles. The molecule has 6 nitrogen and oxygen atoms in total. The first-order valence-electron chi connectivity index (χ1n) is 9.74. The van der Waals surface area contributed by atoms with Crippen LogP contribution in [0.3, 0.4) is 0 Å². The number of aromatic nitrogens is 3. The fourth-order valence-electron chi connectivity index (χ4n) is 3.63. The van der Waals surface area contributed by atoms with E-state index in [0.717, 1.165) is 21.5 Å². The molecule has 0 amide bonds. The second-order valence-corrected chi connectivity index (χ2v) is 8.59. The van der Waals surface area contributed by atoms with E-state index in [-0.39, 0.29) is 5.82 Å². The summed E-state index contributed by atoms with van der Waals surface area (Å²) in [6, 6.07) is 8.64. The van der Waals surface area contributed by atoms with Crippen molar-refractivity contribution >= 4 is 45.6 Å². The summed E-state index contributed by atoms with van der Waals surface area (Å²) in [4.78, 5) is 21.1. The van der Waals surface area contributed by atoms with Crippen LogP contribution in [-0.4, -0.2) is 32.2 Å². The lowest BCUT2D eigenvalue weighted by molar-refractivity contribution is 0.0701. The largest absolute Gasteiger partial charge is 0.477 e. The zero-order valence-corrected chi connectivity index (χ0v) is 18.5. The van der Waals surface area contributed by atoms with Crippen molar-refractivity contribution in [3.8, 4) is 10.6 Å². The Morgan fingerprint density at radius 2 is 2.06 bits per heavy atom. The summed E-state index contributed by atoms with van der Waals surface area (Å²) in [5.41, 5.74) is 2.91. The third-order valence-electron chi connectivity index (χ3n) is 5.06. The van der Waals surface area contributed by atoms with Crippen molar-refractivity contribution in [2.75, 3.05) is 11.9 Å². The molecule has 0 spiro atoms. The van der Waals surface area contributed by atoms with E-state index >= 15 is 0 Å². The van der Waals surface area contributed by atoms with Gasteiger partial charge in [-0.2, -0.15) is 0 Å². The Balaban J connectivity index is 1.52. The van der Waals surface area contributed by atoms with E-state index in [9.17, 15) is 14.3 Å². The summed E-state index contributed by atoms with van der Waals surface area (Å²) in [7, 11) is 0. The molecule has 4 aromatic rings. The number of fused-ring (bicyclic) bond motifs is 1. The van der Waals surface area contributed by atoms with Gasteiger partial charge in [0.2, 0.25) is 0 Å². The zero-order chi connectivity index (χ0) is 22.1. The smallest absolute Gasteiger partial charge is 0.346 e. The van der Waals surface area contributed by atoms with Gasteiger partial charge in [-0.25, -0.2) is 19.2 Å². The van der Waals surface area contributed by atoms with Gasteiger partial charge in [-0.1, -0.05) is 18.5 Å². The van der Waals surface area contributed by atoms with Crippen LogP contribution in [0.2, 0.25) is 5.02 Å². The summed E-state index contributed by atoms with van der Waals surface area (Å²) in [5.74, 6) is -0.659. The minimum Gasteiger partial charge on any atom is -0.477 e. The molecule has 0 fully saturated rings. The van der Waals surface area contributed by atoms with Gasteiger partial charge in [0.25, 0.3) is 0 Å². The number of carbonyl (C=O) groups is 1. The van der Waals surface area contributed by atoms with Crippen LogP contribution in [0.25, 0.3) is 21.5 Å². The van der Waals surface area contributed by atoms with Crippen LogP contribution in [0, 0.1) is 12.7 Å². The molecule has 4 rings (SSSR count). The lowest BCUT2D eigenvalue weighted by Crippen LogP contribution is -2.12. The second-order valence-electron chi connectivity index (χ2n) is 7.10. The summed E-state index contributed by atoms with van der Waals surface area (Å²) < 4.78 is 16.4. The average Bonchev–Trinajstić information content (AvgIpc) is 3.29. The molecule has 0 aliphatic carbocycles. The maximum absolute atomic E-state index is 14.4. The first-order valence-corrected chi connectivity index (χ1v) is 10.9. The Kier molecular flexibility index (Phi) is 5.93. The number of carboxylic acid groups (broad SMARTS) is 1. The number of aromatic carboxylic acids is 1. The summed E-state index contributed by atoms with van der Waals surface area (Å²) >= 11 is 7.17. The highest BCUT2D eigenvalue weighted by atomic mass is 35.5. The average molecular weight is 459 g/mol. The third-order valence-corrected chi connectivity index (χ3v) is 6.47. The summed E-state index contributed by atoms with van der Waals surface area (Å²) in [6.45, 7) is 4.91. The van der Waals surface area contributed by atoms with Crippen molar-refractivity contribution in [3.63, 3.8) is 0 Å². The molecule has 3 aromatic heterocycles. The van der Waals surface area contributed by atoms with Crippen molar-refractivity contribution in [3.05, 3.63) is 63.6 Å². The minimum atomic E-state index is -0.927. The van der Waals surface area contributed by atoms with Gasteiger partial charge >= 0.3 is 5.97 Å². The van der Waals surface area contributed by atoms with Crippen LogP contribution >= 0.6 is 22.9 Å². The molecule has 31 heavy (non-hydrogen) atoms. The van der Waals surface area contributed by atoms with Gasteiger partial charge in [0.05, 0.1) is 16.1 Å². The molecule has 0 saturated carbocycles. The number of hydrogen-bond donors (Lipinski definition) is 2. The molecular weight excluding hydrogens is 439 g/mol. The van der Waals surface area contributed by atoms with Gasteiger partial charge in [0, 0.05) is 35.3 Å². The predicted octanol–water partition coefficient (Wildman–Crippen LogP) is 5.63. The second kappa shape index (κ2) is 8.64. The van der Waals surface area contributed by atoms with Crippen LogP contribution < -0.4 is 5.32 Å². The number of nitrogens with one attached hydrogen (secondary N) is 1. The Morgan fingerprint density at radius 3 is 2.77 bits per heavy atom. The monoisotopic (exact) mass is 458 g/mol. The van der Waals surface area contributed by atoms with Crippen molar-refractivity contribution in [2.24, 2.45) is 0 Å². The van der Waals surface area contributed by atoms with Crippen LogP contribution in [0.15, 0.2) is 36.7 Å². The van der Waals surface area contributed by atoms with Gasteiger partial charge in [-0.15, -0.1) is 11.3 Å². The quantitative estimate of drug-likeness (QED) is 0.375. The molecule has 160 valence electrons. The van der Waals surface area contributed by atoms with Crippen LogP contribution in [0.4, 0.5) is 10.2 Å². The van der Waals surface area contributed by atoms with Crippen LogP contribution in [0.1, 0.15) is 27.9 Å². The zero-order valence-electron chi connectivity index (χ0n) is 16.9. The third kappa shape index (κ3) is 4.26. The number of halogens is 2. The van der Waals surface area contributed by atoms with E-state index in [1.165, 1.54) is 23.7 Å². The maximum atomic E-state index is 14.4. The summed E-state index contributed by atoms with van der Waals surface area (Å²) in [5, 5.41) is 13.8. The maximum Gasteiger partial charge on any atom is 0.346 e. The fraction of sp³-hybridized carbons (Fsp3) is 0.227. The predicted molar refractivity (Wildman–Crippen MR) is 122 cm³/mol. The van der Waals surface area contributed by atoms with Gasteiger partial charge in [0.15, 0.2) is 0 Å². The number of aryl methyl sites for hydroxylation is 2. The molecule has 1 aromatic carbocycles. The SMILES string of the molecule is CCc1cc(-c2cc(NCCn3c(C)cc4cc(Cl)cc(F)c43)ncn2)sc1C(=O)O. The van der Waals surface area contributed by atoms with Crippen molar-refractivity contribution in [1.82, 2.24) is 14.5 Å². The van der Waals surface area contributed by atoms with Crippen molar-refractivity contribution in [1.29, 1.82) is 0 Å². The number of benzene rings is 1. The van der Waals surface area contributed by atoms with E-state index in [1.807, 2.05) is 30.5 Å². The van der Waals surface area contributed by atoms with E-state index in [2.05, 4.69) is 15.3 Å². The minimum absolute atomic E-state index is 0.336. The Hall–Kier alpha value is -2.97. The van der Waals surface area contributed by atoms with Gasteiger partial charge < -0.3 is 15.0 Å². The standard InChI is InChI=1S/C22H20ClFN4O2S/c1-3-13-8-18(31-21(13)22(29)30)17-10-19(27-11-26-17)25-4-5-28-12(2)6-14-7-15(23)9-16(24)20(14)28/h6-11H,3-5H2,1-2H3,(H,29,30)(H,25,26,27). The highest BCUT2D eigenvalue weighted by Gasteiger charge is 2.16. The van der Waals surface area contributed by atoms with Crippen LogP contribution in [-0.2, 0) is 13.0 Å². The first-order chi connectivity index (χ1) is 14.9. The van der Waals surface area contributed by atoms with Crippen molar-refractivity contribution in [2.45, 2.75) is 26.8 Å².